The normalized spacial score (nSPS) is 22.2. The van der Waals surface area contributed by atoms with Gasteiger partial charge in [0.25, 0.3) is 0 Å². The molecule has 0 aliphatic carbocycles. The van der Waals surface area contributed by atoms with Gasteiger partial charge in [0, 0.05) is 6.54 Å². The highest BCUT2D eigenvalue weighted by atomic mass is 16.3. The van der Waals surface area contributed by atoms with Gasteiger partial charge in [-0.25, -0.2) is 0 Å². The number of aliphatic hydroxyl groups is 1. The van der Waals surface area contributed by atoms with Gasteiger partial charge >= 0.3 is 0 Å². The first-order chi connectivity index (χ1) is 6.65. The second kappa shape index (κ2) is 5.33. The van der Waals surface area contributed by atoms with Crippen molar-refractivity contribution in [1.82, 2.24) is 4.90 Å². The third kappa shape index (κ3) is 2.97. The van der Waals surface area contributed by atoms with Crippen molar-refractivity contribution in [3.63, 3.8) is 0 Å². The summed E-state index contributed by atoms with van der Waals surface area (Å²) in [4.78, 5) is 2.28. The number of hydrogen-bond acceptors (Lipinski definition) is 3. The third-order valence-electron chi connectivity index (χ3n) is 2.91. The number of nitriles is 1. The Morgan fingerprint density at radius 3 is 2.36 bits per heavy atom. The number of likely N-dealkylation sites (tertiary alicyclic amines) is 1. The second-order valence-electron chi connectivity index (χ2n) is 4.48. The van der Waals surface area contributed by atoms with Crippen LogP contribution < -0.4 is 0 Å². The van der Waals surface area contributed by atoms with Crippen LogP contribution in [-0.4, -0.2) is 35.7 Å². The van der Waals surface area contributed by atoms with E-state index in [0.29, 0.717) is 0 Å². The molecule has 1 aliphatic heterocycles. The first-order valence-corrected chi connectivity index (χ1v) is 5.45. The summed E-state index contributed by atoms with van der Waals surface area (Å²) in [7, 11) is 0. The van der Waals surface area contributed by atoms with Crippen molar-refractivity contribution in [3.05, 3.63) is 0 Å². The smallest absolute Gasteiger partial charge is 0.0851 e. The molecule has 3 heteroatoms. The van der Waals surface area contributed by atoms with Crippen LogP contribution in [-0.2, 0) is 0 Å². The Hall–Kier alpha value is -0.590. The molecular formula is C11H20N2O. The van der Waals surface area contributed by atoms with Crippen molar-refractivity contribution in [2.24, 2.45) is 11.8 Å². The quantitative estimate of drug-likeness (QED) is 0.736. The molecule has 0 saturated carbocycles. The van der Waals surface area contributed by atoms with Crippen molar-refractivity contribution in [3.8, 4) is 6.07 Å². The van der Waals surface area contributed by atoms with E-state index in [1.165, 1.54) is 12.8 Å². The molecular weight excluding hydrogens is 176 g/mol. The van der Waals surface area contributed by atoms with Gasteiger partial charge in [-0.15, -0.1) is 0 Å². The molecule has 1 N–H and O–H groups in total. The van der Waals surface area contributed by atoms with Crippen LogP contribution in [0.2, 0.25) is 0 Å². The number of nitrogens with zero attached hydrogens (tertiary/aromatic N) is 2. The Bertz CT molecular complexity index is 204. The number of aliphatic hydroxyl groups excluding tert-OH is 1. The van der Waals surface area contributed by atoms with E-state index in [9.17, 15) is 5.11 Å². The molecule has 80 valence electrons. The van der Waals surface area contributed by atoms with E-state index < -0.39 is 6.10 Å². The standard InChI is InChI=1S/C11H20N2O/c1-9(2)11(14)10(7-12)8-13-5-3-4-6-13/h9-11,14H,3-6,8H2,1-2H3/t10-,11+/m1/s1. The van der Waals surface area contributed by atoms with E-state index in [0.717, 1.165) is 19.6 Å². The summed E-state index contributed by atoms with van der Waals surface area (Å²) in [6.07, 6.45) is 1.98. The lowest BCUT2D eigenvalue weighted by molar-refractivity contribution is 0.0717. The zero-order valence-corrected chi connectivity index (χ0v) is 9.11. The summed E-state index contributed by atoms with van der Waals surface area (Å²) in [6, 6.07) is 2.22. The van der Waals surface area contributed by atoms with Gasteiger partial charge in [0.1, 0.15) is 0 Å². The van der Waals surface area contributed by atoms with Crippen LogP contribution in [0.15, 0.2) is 0 Å². The number of hydrogen-bond donors (Lipinski definition) is 1. The molecule has 0 amide bonds. The predicted octanol–water partition coefficient (Wildman–Crippen LogP) is 1.24. The van der Waals surface area contributed by atoms with Crippen LogP contribution in [0.25, 0.3) is 0 Å². The molecule has 3 nitrogen and oxygen atoms in total. The van der Waals surface area contributed by atoms with Crippen molar-refractivity contribution in [2.45, 2.75) is 32.8 Å². The van der Waals surface area contributed by atoms with Crippen molar-refractivity contribution in [2.75, 3.05) is 19.6 Å². The maximum atomic E-state index is 9.80. The largest absolute Gasteiger partial charge is 0.391 e. The molecule has 0 aromatic carbocycles. The Labute approximate surface area is 86.3 Å². The molecule has 1 heterocycles. The van der Waals surface area contributed by atoms with Gasteiger partial charge in [0.15, 0.2) is 0 Å². The minimum atomic E-state index is -0.486. The Kier molecular flexibility index (Phi) is 4.37. The van der Waals surface area contributed by atoms with Crippen LogP contribution in [0.5, 0.6) is 0 Å². The minimum absolute atomic E-state index is 0.169. The molecule has 2 atom stereocenters. The van der Waals surface area contributed by atoms with E-state index in [2.05, 4.69) is 11.0 Å². The fourth-order valence-electron chi connectivity index (χ4n) is 1.93. The number of rotatable bonds is 4. The Morgan fingerprint density at radius 1 is 1.36 bits per heavy atom. The second-order valence-corrected chi connectivity index (χ2v) is 4.48. The van der Waals surface area contributed by atoms with E-state index >= 15 is 0 Å². The summed E-state index contributed by atoms with van der Waals surface area (Å²) in [5.74, 6) is -0.0599. The van der Waals surface area contributed by atoms with Gasteiger partial charge in [-0.1, -0.05) is 13.8 Å². The Balaban J connectivity index is 2.42. The van der Waals surface area contributed by atoms with Gasteiger partial charge in [0.05, 0.1) is 18.1 Å². The average Bonchev–Trinajstić information content (AvgIpc) is 2.65. The summed E-state index contributed by atoms with van der Waals surface area (Å²) in [6.45, 7) is 6.82. The highest BCUT2D eigenvalue weighted by Gasteiger charge is 2.25. The van der Waals surface area contributed by atoms with Crippen molar-refractivity contribution in [1.29, 1.82) is 5.26 Å². The lowest BCUT2D eigenvalue weighted by Crippen LogP contribution is -2.35. The lowest BCUT2D eigenvalue weighted by atomic mass is 9.94. The molecule has 1 fully saturated rings. The average molecular weight is 196 g/mol. The molecule has 0 aromatic heterocycles. The lowest BCUT2D eigenvalue weighted by Gasteiger charge is -2.24. The van der Waals surface area contributed by atoms with Crippen LogP contribution in [0, 0.1) is 23.2 Å². The van der Waals surface area contributed by atoms with E-state index in [1.807, 2.05) is 13.8 Å². The SMILES string of the molecule is CC(C)[C@H](O)[C@H](C#N)CN1CCCC1. The first-order valence-electron chi connectivity index (χ1n) is 5.45. The molecule has 0 bridgehead atoms. The van der Waals surface area contributed by atoms with E-state index in [-0.39, 0.29) is 11.8 Å². The van der Waals surface area contributed by atoms with E-state index in [1.54, 1.807) is 0 Å². The molecule has 0 unspecified atom stereocenters. The molecule has 14 heavy (non-hydrogen) atoms. The molecule has 0 radical (unpaired) electrons. The van der Waals surface area contributed by atoms with Crippen LogP contribution in [0.3, 0.4) is 0 Å². The highest BCUT2D eigenvalue weighted by Crippen LogP contribution is 2.16. The predicted molar refractivity (Wildman–Crippen MR) is 55.6 cm³/mol. The molecule has 1 aliphatic rings. The zero-order valence-electron chi connectivity index (χ0n) is 9.11. The van der Waals surface area contributed by atoms with Gasteiger partial charge < -0.3 is 10.0 Å². The summed E-state index contributed by atoms with van der Waals surface area (Å²) in [5.41, 5.74) is 0. The van der Waals surface area contributed by atoms with Crippen LogP contribution in [0.4, 0.5) is 0 Å². The molecule has 0 spiro atoms. The summed E-state index contributed by atoms with van der Waals surface area (Å²) < 4.78 is 0. The molecule has 1 rings (SSSR count). The third-order valence-corrected chi connectivity index (χ3v) is 2.91. The molecule has 0 aromatic rings. The summed E-state index contributed by atoms with van der Waals surface area (Å²) in [5, 5.41) is 18.8. The maximum absolute atomic E-state index is 9.80. The zero-order chi connectivity index (χ0) is 10.6. The van der Waals surface area contributed by atoms with Gasteiger partial charge in [-0.05, 0) is 31.8 Å². The monoisotopic (exact) mass is 196 g/mol. The van der Waals surface area contributed by atoms with Crippen LogP contribution in [0.1, 0.15) is 26.7 Å². The Morgan fingerprint density at radius 2 is 1.93 bits per heavy atom. The summed E-state index contributed by atoms with van der Waals surface area (Å²) >= 11 is 0. The topological polar surface area (TPSA) is 47.3 Å². The maximum Gasteiger partial charge on any atom is 0.0851 e. The van der Waals surface area contributed by atoms with Crippen molar-refractivity contribution < 1.29 is 5.11 Å². The minimum Gasteiger partial charge on any atom is -0.391 e. The van der Waals surface area contributed by atoms with Gasteiger partial charge in [0.2, 0.25) is 0 Å². The fourth-order valence-corrected chi connectivity index (χ4v) is 1.93. The first kappa shape index (κ1) is 11.5. The fraction of sp³-hybridized carbons (Fsp3) is 0.909. The van der Waals surface area contributed by atoms with Gasteiger partial charge in [-0.3, -0.25) is 0 Å². The molecule has 1 saturated heterocycles. The van der Waals surface area contributed by atoms with Gasteiger partial charge in [-0.2, -0.15) is 5.26 Å². The van der Waals surface area contributed by atoms with Crippen molar-refractivity contribution >= 4 is 0 Å². The van der Waals surface area contributed by atoms with Crippen LogP contribution >= 0.6 is 0 Å². The highest BCUT2D eigenvalue weighted by molar-refractivity contribution is 4.92. The van der Waals surface area contributed by atoms with E-state index in [4.69, 9.17) is 5.26 Å².